The Morgan fingerprint density at radius 1 is 1.12 bits per heavy atom. The Labute approximate surface area is 152 Å². The van der Waals surface area contributed by atoms with Crippen molar-refractivity contribution in [2.75, 3.05) is 26.3 Å². The summed E-state index contributed by atoms with van der Waals surface area (Å²) in [5, 5.41) is 15.2. The number of ether oxygens (including phenoxy) is 1. The number of hydrogen-bond acceptors (Lipinski definition) is 8. The fraction of sp³-hybridized carbons (Fsp3) is 0.294. The smallest absolute Gasteiger partial charge is 0.230 e. The first-order chi connectivity index (χ1) is 12.8. The lowest BCUT2D eigenvalue weighted by Gasteiger charge is -2.32. The second kappa shape index (κ2) is 6.27. The highest BCUT2D eigenvalue weighted by Gasteiger charge is 2.32. The molecule has 1 unspecified atom stereocenters. The fourth-order valence-corrected chi connectivity index (χ4v) is 4.29. The SMILES string of the molecule is Oc1c(C(c2ccco2)N2CCOCC2)sc2nc(-c3ccco3)nn12. The van der Waals surface area contributed by atoms with E-state index in [-0.39, 0.29) is 11.9 Å². The van der Waals surface area contributed by atoms with Crippen molar-refractivity contribution >= 4 is 16.3 Å². The number of morpholine rings is 1. The Kier molecular flexibility index (Phi) is 3.77. The van der Waals surface area contributed by atoms with E-state index in [0.29, 0.717) is 29.8 Å². The van der Waals surface area contributed by atoms with E-state index in [1.54, 1.807) is 24.7 Å². The monoisotopic (exact) mass is 372 g/mol. The molecule has 0 spiro atoms. The van der Waals surface area contributed by atoms with Crippen LogP contribution in [0.5, 0.6) is 5.88 Å². The number of fused-ring (bicyclic) bond motifs is 1. The van der Waals surface area contributed by atoms with Crippen LogP contribution in [0.1, 0.15) is 16.7 Å². The number of rotatable bonds is 4. The zero-order valence-electron chi connectivity index (χ0n) is 13.7. The predicted molar refractivity (Wildman–Crippen MR) is 93.2 cm³/mol. The predicted octanol–water partition coefficient (Wildman–Crippen LogP) is 2.77. The molecule has 0 amide bonds. The van der Waals surface area contributed by atoms with Crippen LogP contribution in [-0.4, -0.2) is 50.9 Å². The van der Waals surface area contributed by atoms with Gasteiger partial charge >= 0.3 is 0 Å². The van der Waals surface area contributed by atoms with Crippen molar-refractivity contribution in [1.29, 1.82) is 0 Å². The van der Waals surface area contributed by atoms with Gasteiger partial charge in [-0.2, -0.15) is 9.50 Å². The summed E-state index contributed by atoms with van der Waals surface area (Å²) >= 11 is 1.40. The van der Waals surface area contributed by atoms with Crippen LogP contribution in [0.4, 0.5) is 0 Å². The minimum absolute atomic E-state index is 0.0724. The number of aromatic nitrogens is 3. The Morgan fingerprint density at radius 2 is 1.92 bits per heavy atom. The van der Waals surface area contributed by atoms with Crippen molar-refractivity contribution in [3.63, 3.8) is 0 Å². The standard InChI is InChI=1S/C17H16N4O4S/c22-16-14(13(11-3-1-7-24-11)20-5-9-23-10-6-20)26-17-18-15(19-21(16)17)12-4-2-8-25-12/h1-4,7-8,13,22H,5-6,9-10H2. The van der Waals surface area contributed by atoms with Crippen molar-refractivity contribution in [3.8, 4) is 17.5 Å². The quantitative estimate of drug-likeness (QED) is 0.589. The maximum atomic E-state index is 10.8. The largest absolute Gasteiger partial charge is 0.492 e. The first-order valence-corrected chi connectivity index (χ1v) is 9.10. The third-order valence-corrected chi connectivity index (χ3v) is 5.49. The van der Waals surface area contributed by atoms with Gasteiger partial charge in [-0.15, -0.1) is 5.10 Å². The Balaban J connectivity index is 1.59. The van der Waals surface area contributed by atoms with E-state index < -0.39 is 0 Å². The summed E-state index contributed by atoms with van der Waals surface area (Å²) in [4.78, 5) is 8.08. The second-order valence-corrected chi connectivity index (χ2v) is 6.97. The molecule has 0 bridgehead atoms. The van der Waals surface area contributed by atoms with Crippen molar-refractivity contribution in [2.24, 2.45) is 0 Å². The molecular formula is C17H16N4O4S. The molecule has 1 saturated heterocycles. The second-order valence-electron chi connectivity index (χ2n) is 5.96. The molecule has 0 radical (unpaired) electrons. The zero-order chi connectivity index (χ0) is 17.5. The maximum Gasteiger partial charge on any atom is 0.230 e. The van der Waals surface area contributed by atoms with Gasteiger partial charge in [-0.05, 0) is 24.3 Å². The van der Waals surface area contributed by atoms with Crippen LogP contribution in [-0.2, 0) is 4.74 Å². The molecule has 8 nitrogen and oxygen atoms in total. The van der Waals surface area contributed by atoms with Gasteiger partial charge in [0.25, 0.3) is 0 Å². The van der Waals surface area contributed by atoms with E-state index in [0.717, 1.165) is 23.7 Å². The van der Waals surface area contributed by atoms with Crippen molar-refractivity contribution in [3.05, 3.63) is 47.4 Å². The molecule has 134 valence electrons. The average Bonchev–Trinajstić information content (AvgIpc) is 3.43. The summed E-state index contributed by atoms with van der Waals surface area (Å²) < 4.78 is 17.9. The lowest BCUT2D eigenvalue weighted by molar-refractivity contribution is 0.0203. The van der Waals surface area contributed by atoms with E-state index in [9.17, 15) is 5.11 Å². The fourth-order valence-electron chi connectivity index (χ4n) is 3.20. The molecule has 5 rings (SSSR count). The number of aromatic hydroxyl groups is 1. The van der Waals surface area contributed by atoms with Crippen molar-refractivity contribution in [1.82, 2.24) is 19.5 Å². The van der Waals surface area contributed by atoms with Gasteiger partial charge in [0, 0.05) is 13.1 Å². The van der Waals surface area contributed by atoms with E-state index in [4.69, 9.17) is 13.6 Å². The summed E-state index contributed by atoms with van der Waals surface area (Å²) in [6.45, 7) is 2.83. The summed E-state index contributed by atoms with van der Waals surface area (Å²) in [6, 6.07) is 7.14. The summed E-state index contributed by atoms with van der Waals surface area (Å²) in [6.07, 6.45) is 3.22. The normalized spacial score (nSPS) is 17.1. The number of thiazole rings is 1. The van der Waals surface area contributed by atoms with Gasteiger partial charge in [-0.1, -0.05) is 11.3 Å². The molecule has 0 aliphatic carbocycles. The Hall–Kier alpha value is -2.62. The molecule has 0 aromatic carbocycles. The summed E-state index contributed by atoms with van der Waals surface area (Å²) in [5.74, 6) is 1.86. The summed E-state index contributed by atoms with van der Waals surface area (Å²) in [7, 11) is 0. The lowest BCUT2D eigenvalue weighted by atomic mass is 10.1. The molecule has 4 aromatic rings. The average molecular weight is 372 g/mol. The van der Waals surface area contributed by atoms with Crippen LogP contribution < -0.4 is 0 Å². The molecule has 1 aliphatic heterocycles. The third-order valence-electron chi connectivity index (χ3n) is 4.41. The first kappa shape index (κ1) is 15.6. The molecule has 1 aliphatic rings. The van der Waals surface area contributed by atoms with Gasteiger partial charge in [-0.25, -0.2) is 0 Å². The van der Waals surface area contributed by atoms with E-state index in [1.807, 2.05) is 12.1 Å². The molecule has 1 N–H and O–H groups in total. The summed E-state index contributed by atoms with van der Waals surface area (Å²) in [5.41, 5.74) is 0. The van der Waals surface area contributed by atoms with Gasteiger partial charge in [0.1, 0.15) is 11.8 Å². The van der Waals surface area contributed by atoms with Gasteiger partial charge < -0.3 is 18.7 Å². The minimum Gasteiger partial charge on any atom is -0.492 e. The number of nitrogens with zero attached hydrogens (tertiary/aromatic N) is 4. The molecule has 9 heteroatoms. The lowest BCUT2D eigenvalue weighted by Crippen LogP contribution is -2.39. The Bertz CT molecular complexity index is 1000. The number of furan rings is 2. The van der Waals surface area contributed by atoms with Crippen LogP contribution in [0, 0.1) is 0 Å². The molecule has 1 fully saturated rings. The van der Waals surface area contributed by atoms with Crippen LogP contribution >= 0.6 is 11.3 Å². The van der Waals surface area contributed by atoms with Gasteiger partial charge in [0.2, 0.25) is 16.7 Å². The first-order valence-electron chi connectivity index (χ1n) is 8.29. The van der Waals surface area contributed by atoms with Gasteiger partial charge in [0.05, 0.1) is 30.6 Å². The van der Waals surface area contributed by atoms with Crippen molar-refractivity contribution in [2.45, 2.75) is 6.04 Å². The molecular weight excluding hydrogens is 356 g/mol. The van der Waals surface area contributed by atoms with E-state index >= 15 is 0 Å². The van der Waals surface area contributed by atoms with Crippen LogP contribution in [0.25, 0.3) is 16.5 Å². The third kappa shape index (κ3) is 2.52. The molecule has 0 saturated carbocycles. The number of hydrogen-bond donors (Lipinski definition) is 1. The van der Waals surface area contributed by atoms with E-state index in [2.05, 4.69) is 15.0 Å². The molecule has 5 heterocycles. The molecule has 1 atom stereocenters. The van der Waals surface area contributed by atoms with Crippen molar-refractivity contribution < 1.29 is 18.7 Å². The minimum atomic E-state index is -0.200. The van der Waals surface area contributed by atoms with E-state index in [1.165, 1.54) is 15.9 Å². The van der Waals surface area contributed by atoms with Gasteiger partial charge in [0.15, 0.2) is 5.76 Å². The molecule has 4 aromatic heterocycles. The molecule has 26 heavy (non-hydrogen) atoms. The highest BCUT2D eigenvalue weighted by Crippen LogP contribution is 2.40. The van der Waals surface area contributed by atoms with Crippen LogP contribution in [0.2, 0.25) is 0 Å². The highest BCUT2D eigenvalue weighted by molar-refractivity contribution is 7.17. The Morgan fingerprint density at radius 3 is 2.62 bits per heavy atom. The maximum absolute atomic E-state index is 10.8. The highest BCUT2D eigenvalue weighted by atomic mass is 32.1. The van der Waals surface area contributed by atoms with Crippen LogP contribution in [0.15, 0.2) is 45.6 Å². The zero-order valence-corrected chi connectivity index (χ0v) is 14.6. The van der Waals surface area contributed by atoms with Gasteiger partial charge in [-0.3, -0.25) is 4.90 Å². The topological polar surface area (TPSA) is 89.2 Å². The van der Waals surface area contributed by atoms with Crippen LogP contribution in [0.3, 0.4) is 0 Å².